The Bertz CT molecular complexity index is 1260. The average molecular weight is 501 g/mol. The summed E-state index contributed by atoms with van der Waals surface area (Å²) in [5.74, 6) is -2.12. The largest absolute Gasteiger partial charge is 0.389 e. The standard InChI is InChI=1S/C24H26F2N6O2S/c1-34-17-8-7-13-19(17)29-10-16(21(13)32-9-3-4-12(27)11-32)30-23(33)20-22(28)35-24(31-20)18-14(25)5-2-6-15(18)26/h2,5-6,10,12,17H,3-4,7-9,11,27-28H2,1H3,(H,30,33)/t12-,17?/m0/s1. The molecular formula is C24H26F2N6O2S. The minimum Gasteiger partial charge on any atom is -0.389 e. The summed E-state index contributed by atoms with van der Waals surface area (Å²) in [4.78, 5) is 24.2. The number of aromatic nitrogens is 2. The fourth-order valence-corrected chi connectivity index (χ4v) is 5.75. The number of halogens is 2. The summed E-state index contributed by atoms with van der Waals surface area (Å²) in [5, 5.41) is 2.95. The number of carbonyl (C=O) groups excluding carboxylic acids is 1. The van der Waals surface area contributed by atoms with Gasteiger partial charge in [-0.15, -0.1) is 0 Å². The quantitative estimate of drug-likeness (QED) is 0.486. The normalized spacial score (nSPS) is 19.6. The van der Waals surface area contributed by atoms with Crippen LogP contribution < -0.4 is 21.7 Å². The highest BCUT2D eigenvalue weighted by molar-refractivity contribution is 7.19. The van der Waals surface area contributed by atoms with E-state index >= 15 is 0 Å². The molecule has 1 aliphatic heterocycles. The van der Waals surface area contributed by atoms with E-state index in [2.05, 4.69) is 20.2 Å². The van der Waals surface area contributed by atoms with Gasteiger partial charge in [0.1, 0.15) is 21.6 Å². The molecule has 5 N–H and O–H groups in total. The maximum Gasteiger partial charge on any atom is 0.277 e. The summed E-state index contributed by atoms with van der Waals surface area (Å²) in [7, 11) is 1.66. The van der Waals surface area contributed by atoms with E-state index in [9.17, 15) is 13.6 Å². The molecule has 1 unspecified atom stereocenters. The van der Waals surface area contributed by atoms with Gasteiger partial charge in [-0.3, -0.25) is 9.78 Å². The van der Waals surface area contributed by atoms with Crippen LogP contribution in [0, 0.1) is 11.6 Å². The Kier molecular flexibility index (Phi) is 6.39. The number of rotatable bonds is 5. The van der Waals surface area contributed by atoms with Crippen LogP contribution >= 0.6 is 11.3 Å². The molecule has 0 saturated carbocycles. The van der Waals surface area contributed by atoms with Crippen molar-refractivity contribution >= 4 is 33.6 Å². The molecule has 2 aliphatic rings. The number of nitrogens with zero attached hydrogens (tertiary/aromatic N) is 3. The molecule has 2 aromatic heterocycles. The topological polar surface area (TPSA) is 119 Å². The summed E-state index contributed by atoms with van der Waals surface area (Å²) in [6, 6.07) is 3.56. The molecule has 1 aromatic carbocycles. The number of thiazole rings is 1. The molecule has 1 saturated heterocycles. The zero-order valence-corrected chi connectivity index (χ0v) is 20.0. The van der Waals surface area contributed by atoms with Gasteiger partial charge in [0.2, 0.25) is 0 Å². The minimum atomic E-state index is -0.773. The molecule has 11 heteroatoms. The number of nitrogens with two attached hydrogens (primary N) is 2. The maximum absolute atomic E-state index is 14.3. The zero-order chi connectivity index (χ0) is 24.7. The molecule has 0 spiro atoms. The Balaban J connectivity index is 1.50. The van der Waals surface area contributed by atoms with Crippen LogP contribution in [0.15, 0.2) is 24.4 Å². The number of carbonyl (C=O) groups is 1. The van der Waals surface area contributed by atoms with E-state index in [-0.39, 0.29) is 33.4 Å². The molecule has 1 fully saturated rings. The number of methoxy groups -OCH3 is 1. The molecule has 35 heavy (non-hydrogen) atoms. The molecule has 2 atom stereocenters. The predicted octanol–water partition coefficient (Wildman–Crippen LogP) is 3.88. The highest BCUT2D eigenvalue weighted by Gasteiger charge is 2.32. The van der Waals surface area contributed by atoms with Crippen LogP contribution in [-0.2, 0) is 11.2 Å². The Morgan fingerprint density at radius 3 is 2.77 bits per heavy atom. The van der Waals surface area contributed by atoms with Crippen LogP contribution in [0.5, 0.6) is 0 Å². The first-order chi connectivity index (χ1) is 16.9. The van der Waals surface area contributed by atoms with Crippen molar-refractivity contribution in [3.8, 4) is 10.6 Å². The lowest BCUT2D eigenvalue weighted by Crippen LogP contribution is -2.43. The highest BCUT2D eigenvalue weighted by atomic mass is 32.1. The fraction of sp³-hybridized carbons (Fsp3) is 0.375. The summed E-state index contributed by atoms with van der Waals surface area (Å²) >= 11 is 0.857. The van der Waals surface area contributed by atoms with Crippen molar-refractivity contribution in [2.75, 3.05) is 36.1 Å². The number of nitrogens with one attached hydrogen (secondary N) is 1. The summed E-state index contributed by atoms with van der Waals surface area (Å²) in [5.41, 5.74) is 15.2. The second-order valence-corrected chi connectivity index (χ2v) is 9.81. The van der Waals surface area contributed by atoms with Crippen LogP contribution in [-0.4, -0.2) is 42.1 Å². The van der Waals surface area contributed by atoms with Gasteiger partial charge in [-0.2, -0.15) is 0 Å². The van der Waals surface area contributed by atoms with Crippen LogP contribution in [0.25, 0.3) is 10.6 Å². The third kappa shape index (κ3) is 4.35. The third-order valence-corrected chi connectivity index (χ3v) is 7.40. The lowest BCUT2D eigenvalue weighted by molar-refractivity contribution is 0.102. The van der Waals surface area contributed by atoms with Crippen molar-refractivity contribution < 1.29 is 18.3 Å². The van der Waals surface area contributed by atoms with Crippen molar-refractivity contribution in [2.45, 2.75) is 37.8 Å². The molecule has 3 heterocycles. The SMILES string of the molecule is COC1CCc2c1ncc(NC(=O)c1nc(-c3c(F)cccc3F)sc1N)c2N1CCC[C@H](N)C1. The number of benzene rings is 1. The average Bonchev–Trinajstić information content (AvgIpc) is 3.42. The zero-order valence-electron chi connectivity index (χ0n) is 19.2. The Morgan fingerprint density at radius 2 is 2.06 bits per heavy atom. The van der Waals surface area contributed by atoms with Gasteiger partial charge >= 0.3 is 0 Å². The number of fused-ring (bicyclic) bond motifs is 1. The Hall–Kier alpha value is -3.15. The molecule has 184 valence electrons. The molecular weight excluding hydrogens is 474 g/mol. The number of pyridine rings is 1. The first-order valence-corrected chi connectivity index (χ1v) is 12.3. The van der Waals surface area contributed by atoms with Crippen molar-refractivity contribution in [2.24, 2.45) is 5.73 Å². The minimum absolute atomic E-state index is 0.000456. The molecule has 8 nitrogen and oxygen atoms in total. The van der Waals surface area contributed by atoms with E-state index in [4.69, 9.17) is 16.2 Å². The second-order valence-electron chi connectivity index (χ2n) is 8.78. The van der Waals surface area contributed by atoms with Crippen LogP contribution in [0.1, 0.15) is 47.1 Å². The molecule has 5 rings (SSSR count). The highest BCUT2D eigenvalue weighted by Crippen LogP contribution is 2.42. The number of amides is 1. The van der Waals surface area contributed by atoms with Crippen molar-refractivity contribution in [3.63, 3.8) is 0 Å². The number of hydrogen-bond donors (Lipinski definition) is 3. The maximum atomic E-state index is 14.3. The number of hydrogen-bond acceptors (Lipinski definition) is 8. The van der Waals surface area contributed by atoms with E-state index < -0.39 is 17.5 Å². The first kappa shape index (κ1) is 23.6. The van der Waals surface area contributed by atoms with E-state index in [1.807, 2.05) is 0 Å². The summed E-state index contributed by atoms with van der Waals surface area (Å²) < 4.78 is 34.1. The van der Waals surface area contributed by atoms with Crippen LogP contribution in [0.2, 0.25) is 0 Å². The van der Waals surface area contributed by atoms with Crippen LogP contribution in [0.3, 0.4) is 0 Å². The molecule has 1 amide bonds. The van der Waals surface area contributed by atoms with E-state index in [0.717, 1.165) is 72.6 Å². The van der Waals surface area contributed by atoms with Crippen molar-refractivity contribution in [3.05, 3.63) is 53.0 Å². The van der Waals surface area contributed by atoms with Gasteiger partial charge in [-0.25, -0.2) is 13.8 Å². The number of piperidine rings is 1. The van der Waals surface area contributed by atoms with Crippen LogP contribution in [0.4, 0.5) is 25.2 Å². The molecule has 1 aliphatic carbocycles. The van der Waals surface area contributed by atoms with Gasteiger partial charge in [-0.05, 0) is 37.8 Å². The lowest BCUT2D eigenvalue weighted by Gasteiger charge is -2.35. The summed E-state index contributed by atoms with van der Waals surface area (Å²) in [6.45, 7) is 1.47. The molecule has 0 bridgehead atoms. The van der Waals surface area contributed by atoms with E-state index in [0.29, 0.717) is 12.2 Å². The van der Waals surface area contributed by atoms with Gasteiger partial charge in [0.15, 0.2) is 5.69 Å². The fourth-order valence-electron chi connectivity index (χ4n) is 4.87. The number of ether oxygens (including phenoxy) is 1. The first-order valence-electron chi connectivity index (χ1n) is 11.4. The summed E-state index contributed by atoms with van der Waals surface area (Å²) in [6.07, 6.45) is 4.97. The van der Waals surface area contributed by atoms with Gasteiger partial charge in [-0.1, -0.05) is 17.4 Å². The van der Waals surface area contributed by atoms with Gasteiger partial charge in [0.25, 0.3) is 5.91 Å². The number of anilines is 3. The smallest absolute Gasteiger partial charge is 0.277 e. The van der Waals surface area contributed by atoms with E-state index in [1.165, 1.54) is 6.07 Å². The van der Waals surface area contributed by atoms with Crippen molar-refractivity contribution in [1.29, 1.82) is 0 Å². The van der Waals surface area contributed by atoms with Gasteiger partial charge < -0.3 is 26.4 Å². The van der Waals surface area contributed by atoms with Gasteiger partial charge in [0.05, 0.1) is 34.9 Å². The van der Waals surface area contributed by atoms with Gasteiger partial charge in [0, 0.05) is 31.8 Å². The second kappa shape index (κ2) is 9.48. The molecule has 0 radical (unpaired) electrons. The number of nitrogen functional groups attached to an aromatic ring is 1. The lowest BCUT2D eigenvalue weighted by atomic mass is 10.0. The van der Waals surface area contributed by atoms with Crippen molar-refractivity contribution in [1.82, 2.24) is 9.97 Å². The third-order valence-electron chi connectivity index (χ3n) is 6.50. The predicted molar refractivity (Wildman–Crippen MR) is 132 cm³/mol. The molecule has 3 aromatic rings. The Morgan fingerprint density at radius 1 is 1.29 bits per heavy atom. The Labute approximate surface area is 205 Å². The monoisotopic (exact) mass is 500 g/mol. The van der Waals surface area contributed by atoms with E-state index in [1.54, 1.807) is 13.3 Å².